The van der Waals surface area contributed by atoms with Crippen molar-refractivity contribution in [1.82, 2.24) is 0 Å². The molecule has 0 aliphatic carbocycles. The van der Waals surface area contributed by atoms with Crippen LogP contribution in [0.1, 0.15) is 0 Å². The molecule has 0 bridgehead atoms. The van der Waals surface area contributed by atoms with E-state index in [2.05, 4.69) is 109 Å². The van der Waals surface area contributed by atoms with Gasteiger partial charge in [0.15, 0.2) is 0 Å². The Bertz CT molecular complexity index is 1130. The van der Waals surface area contributed by atoms with E-state index in [4.69, 9.17) is 0 Å². The van der Waals surface area contributed by atoms with Gasteiger partial charge in [-0.25, -0.2) is 0 Å². The van der Waals surface area contributed by atoms with Crippen LogP contribution in [0.25, 0.3) is 43.1 Å². The molecule has 0 aliphatic heterocycles. The Morgan fingerprint density at radius 3 is 0.815 bits per heavy atom. The first kappa shape index (κ1) is 17.9. The predicted octanol–water partition coefficient (Wildman–Crippen LogP) is 7.42. The number of fused-ring (bicyclic) bond motifs is 6. The van der Waals surface area contributed by atoms with E-state index in [9.17, 15) is 0 Å². The van der Waals surface area contributed by atoms with Crippen molar-refractivity contribution in [3.63, 3.8) is 0 Å². The third kappa shape index (κ3) is 3.28. The summed E-state index contributed by atoms with van der Waals surface area (Å²) < 4.78 is 0. The van der Waals surface area contributed by atoms with Crippen LogP contribution in [-0.2, 0) is 25.8 Å². The maximum Gasteiger partial charge on any atom is 0 e. The van der Waals surface area contributed by atoms with Gasteiger partial charge in [0.2, 0.25) is 0 Å². The predicted molar refractivity (Wildman–Crippen MR) is 114 cm³/mol. The molecule has 0 N–H and O–H groups in total. The first-order valence-electron chi connectivity index (χ1n) is 8.96. The molecule has 0 saturated carbocycles. The minimum atomic E-state index is 0. The smallest absolute Gasteiger partial charge is 0 e. The van der Waals surface area contributed by atoms with Gasteiger partial charge in [0, 0.05) is 25.8 Å². The zero-order chi connectivity index (χ0) is 17.3. The molecule has 6 aromatic rings. The van der Waals surface area contributed by atoms with Crippen molar-refractivity contribution < 1.29 is 25.8 Å². The van der Waals surface area contributed by atoms with Gasteiger partial charge in [0.05, 0.1) is 0 Å². The van der Waals surface area contributed by atoms with Gasteiger partial charge in [-0.05, 0) is 0 Å². The summed E-state index contributed by atoms with van der Waals surface area (Å²) in [5.41, 5.74) is 0. The number of benzene rings is 4. The molecule has 0 heterocycles. The van der Waals surface area contributed by atoms with E-state index in [1.165, 1.54) is 43.1 Å². The van der Waals surface area contributed by atoms with Gasteiger partial charge in [-0.2, -0.15) is 0 Å². The minimum Gasteiger partial charge on any atom is -0.126 e. The molecule has 0 fully saturated rings. The van der Waals surface area contributed by atoms with Crippen LogP contribution in [0, 0.1) is 0 Å². The molecule has 0 unspecified atom stereocenters. The molecule has 6 rings (SSSR count). The summed E-state index contributed by atoms with van der Waals surface area (Å²) in [5, 5.41) is 10.8. The molecule has 0 aliphatic rings. The fourth-order valence-corrected chi connectivity index (χ4v) is 3.81. The molecular weight excluding hydrogens is 491 g/mol. The van der Waals surface area contributed by atoms with Crippen LogP contribution in [0.15, 0.2) is 109 Å². The first-order valence-corrected chi connectivity index (χ1v) is 8.96. The Morgan fingerprint density at radius 2 is 0.556 bits per heavy atom. The Morgan fingerprint density at radius 1 is 0.333 bits per heavy atom. The third-order valence-electron chi connectivity index (χ3n) is 5.05. The van der Waals surface area contributed by atoms with E-state index in [1.54, 1.807) is 0 Å². The van der Waals surface area contributed by atoms with E-state index < -0.39 is 0 Å². The van der Waals surface area contributed by atoms with Crippen molar-refractivity contribution >= 4 is 43.1 Å². The second kappa shape index (κ2) is 7.62. The quantitative estimate of drug-likeness (QED) is 0.148. The molecule has 0 nitrogen and oxygen atoms in total. The molecule has 0 spiro atoms. The van der Waals surface area contributed by atoms with Gasteiger partial charge in [0.25, 0.3) is 0 Å². The molecule has 0 amide bonds. The van der Waals surface area contributed by atoms with Crippen molar-refractivity contribution in [3.05, 3.63) is 109 Å². The van der Waals surface area contributed by atoms with Crippen molar-refractivity contribution in [2.45, 2.75) is 0 Å². The van der Waals surface area contributed by atoms with Crippen LogP contribution in [0.2, 0.25) is 0 Å². The topological polar surface area (TPSA) is 0 Å². The number of hydrogen-bond acceptors (Lipinski definition) is 0. The molecule has 128 valence electrons. The zero-order valence-electron chi connectivity index (χ0n) is 14.9. The summed E-state index contributed by atoms with van der Waals surface area (Å²) in [6.07, 6.45) is 0. The average molecular weight is 509 g/mol. The molecular formula is C26H18Hf-2. The fraction of sp³-hybridized carbons (Fsp3) is 0. The Hall–Kier alpha value is -2.51. The van der Waals surface area contributed by atoms with Gasteiger partial charge in [-0.3, -0.25) is 0 Å². The van der Waals surface area contributed by atoms with Gasteiger partial charge >= 0.3 is 0 Å². The maximum absolute atomic E-state index is 2.24. The van der Waals surface area contributed by atoms with Crippen molar-refractivity contribution in [2.24, 2.45) is 0 Å². The molecule has 0 radical (unpaired) electrons. The third-order valence-corrected chi connectivity index (χ3v) is 5.05. The SMILES string of the molecule is [Hf].c1ccc2c(c1)[cH-]c1ccccc12.c1ccc2c(c1)[cH-]c1ccccc12. The average Bonchev–Trinajstić information content (AvgIpc) is 3.27. The van der Waals surface area contributed by atoms with Crippen molar-refractivity contribution in [3.8, 4) is 0 Å². The van der Waals surface area contributed by atoms with Crippen LogP contribution in [-0.4, -0.2) is 0 Å². The first-order chi connectivity index (χ1) is 12.9. The van der Waals surface area contributed by atoms with Crippen LogP contribution >= 0.6 is 0 Å². The summed E-state index contributed by atoms with van der Waals surface area (Å²) >= 11 is 0. The molecule has 6 aromatic carbocycles. The fourth-order valence-electron chi connectivity index (χ4n) is 3.81. The normalized spacial score (nSPS) is 10.7. The van der Waals surface area contributed by atoms with E-state index in [1.807, 2.05) is 0 Å². The van der Waals surface area contributed by atoms with Crippen molar-refractivity contribution in [2.75, 3.05) is 0 Å². The van der Waals surface area contributed by atoms with Gasteiger partial charge in [0.1, 0.15) is 0 Å². The standard InChI is InChI=1S/2C13H9.Hf/c2*1-3-7-12-10(5-1)9-11-6-2-4-8-13(11)12;/h2*1-9H;/q2*-1;. The Kier molecular flexibility index (Phi) is 5.05. The van der Waals surface area contributed by atoms with Gasteiger partial charge in [-0.15, -0.1) is 79.5 Å². The van der Waals surface area contributed by atoms with Crippen LogP contribution in [0.5, 0.6) is 0 Å². The van der Waals surface area contributed by atoms with Crippen LogP contribution < -0.4 is 0 Å². The van der Waals surface area contributed by atoms with E-state index >= 15 is 0 Å². The largest absolute Gasteiger partial charge is 0.126 e. The summed E-state index contributed by atoms with van der Waals surface area (Å²) in [6.45, 7) is 0. The molecule has 0 atom stereocenters. The van der Waals surface area contributed by atoms with E-state index in [0.717, 1.165) is 0 Å². The second-order valence-electron chi connectivity index (χ2n) is 6.64. The summed E-state index contributed by atoms with van der Waals surface area (Å²) in [5.74, 6) is 0. The van der Waals surface area contributed by atoms with Crippen LogP contribution in [0.3, 0.4) is 0 Å². The molecule has 0 aromatic heterocycles. The maximum atomic E-state index is 2.24. The monoisotopic (exact) mass is 510 g/mol. The number of hydrogen-bond donors (Lipinski definition) is 0. The summed E-state index contributed by atoms with van der Waals surface area (Å²) in [6, 6.07) is 38.5. The van der Waals surface area contributed by atoms with Crippen LogP contribution in [0.4, 0.5) is 0 Å². The molecule has 1 heteroatoms. The molecule has 0 saturated heterocycles. The van der Waals surface area contributed by atoms with Crippen molar-refractivity contribution in [1.29, 1.82) is 0 Å². The second-order valence-corrected chi connectivity index (χ2v) is 6.64. The zero-order valence-corrected chi connectivity index (χ0v) is 18.5. The summed E-state index contributed by atoms with van der Waals surface area (Å²) in [4.78, 5) is 0. The van der Waals surface area contributed by atoms with Gasteiger partial charge in [-0.1, -0.05) is 72.8 Å². The molecule has 27 heavy (non-hydrogen) atoms. The Balaban J connectivity index is 0.000000129. The minimum absolute atomic E-state index is 0. The number of rotatable bonds is 0. The van der Waals surface area contributed by atoms with E-state index in [0.29, 0.717) is 0 Å². The summed E-state index contributed by atoms with van der Waals surface area (Å²) in [7, 11) is 0. The van der Waals surface area contributed by atoms with Gasteiger partial charge < -0.3 is 0 Å². The van der Waals surface area contributed by atoms with E-state index in [-0.39, 0.29) is 25.8 Å². The Labute approximate surface area is 177 Å².